The van der Waals surface area contributed by atoms with Gasteiger partial charge in [-0.25, -0.2) is 0 Å². The van der Waals surface area contributed by atoms with Crippen LogP contribution in [0.25, 0.3) is 0 Å². The second kappa shape index (κ2) is 4.09. The number of hydrogen-bond acceptors (Lipinski definition) is 2. The lowest BCUT2D eigenvalue weighted by Gasteiger charge is -2.31. The van der Waals surface area contributed by atoms with E-state index in [1.807, 2.05) is 18.7 Å². The quantitative estimate of drug-likeness (QED) is 0.840. The SMILES string of the molecule is Cc1nn(C)c(CC2(C#N)CC3CCC2C3)c1Br. The van der Waals surface area contributed by atoms with Crippen LogP contribution in [0.15, 0.2) is 4.47 Å². The van der Waals surface area contributed by atoms with Crippen molar-refractivity contribution in [2.24, 2.45) is 24.3 Å². The number of rotatable bonds is 2. The van der Waals surface area contributed by atoms with Crippen molar-refractivity contribution in [2.75, 3.05) is 0 Å². The molecule has 0 aliphatic heterocycles. The smallest absolute Gasteiger partial charge is 0.0738 e. The van der Waals surface area contributed by atoms with Crippen molar-refractivity contribution in [2.45, 2.75) is 39.0 Å². The van der Waals surface area contributed by atoms with E-state index in [0.29, 0.717) is 5.92 Å². The fourth-order valence-corrected chi connectivity index (χ4v) is 4.48. The Hall–Kier alpha value is -0.820. The van der Waals surface area contributed by atoms with Crippen LogP contribution in [-0.2, 0) is 13.5 Å². The van der Waals surface area contributed by atoms with E-state index < -0.39 is 0 Å². The van der Waals surface area contributed by atoms with Crippen LogP contribution < -0.4 is 0 Å². The van der Waals surface area contributed by atoms with Gasteiger partial charge in [0.25, 0.3) is 0 Å². The predicted molar refractivity (Wildman–Crippen MR) is 72.8 cm³/mol. The van der Waals surface area contributed by atoms with Crippen LogP contribution in [0.4, 0.5) is 0 Å². The van der Waals surface area contributed by atoms with Gasteiger partial charge in [-0.15, -0.1) is 0 Å². The molecule has 1 aromatic rings. The Kier molecular flexibility index (Phi) is 2.78. The van der Waals surface area contributed by atoms with Gasteiger partial charge in [-0.1, -0.05) is 6.42 Å². The van der Waals surface area contributed by atoms with Crippen LogP contribution in [0.1, 0.15) is 37.1 Å². The third-order valence-electron chi connectivity index (χ3n) is 4.94. The van der Waals surface area contributed by atoms with E-state index in [4.69, 9.17) is 0 Å². The molecule has 2 aliphatic carbocycles. The minimum absolute atomic E-state index is 0.133. The average Bonchev–Trinajstić information content (AvgIpc) is 3.00. The van der Waals surface area contributed by atoms with Crippen LogP contribution in [0.5, 0.6) is 0 Å². The summed E-state index contributed by atoms with van der Waals surface area (Å²) in [6.45, 7) is 2.01. The summed E-state index contributed by atoms with van der Waals surface area (Å²) in [5.74, 6) is 1.40. The molecule has 2 fully saturated rings. The van der Waals surface area contributed by atoms with Gasteiger partial charge in [0.1, 0.15) is 0 Å². The van der Waals surface area contributed by atoms with Gasteiger partial charge in [0.15, 0.2) is 0 Å². The van der Waals surface area contributed by atoms with E-state index in [0.717, 1.165) is 28.9 Å². The maximum Gasteiger partial charge on any atom is 0.0738 e. The van der Waals surface area contributed by atoms with Crippen molar-refractivity contribution < 1.29 is 0 Å². The number of nitrogens with zero attached hydrogens (tertiary/aromatic N) is 3. The number of hydrogen-bond donors (Lipinski definition) is 0. The van der Waals surface area contributed by atoms with Crippen LogP contribution in [0.3, 0.4) is 0 Å². The van der Waals surface area contributed by atoms with Crippen molar-refractivity contribution in [1.29, 1.82) is 5.26 Å². The normalized spacial score (nSPS) is 33.9. The third-order valence-corrected chi connectivity index (χ3v) is 5.97. The summed E-state index contributed by atoms with van der Waals surface area (Å²) in [5, 5.41) is 14.1. The number of nitriles is 1. The van der Waals surface area contributed by atoms with Crippen molar-refractivity contribution in [3.63, 3.8) is 0 Å². The summed E-state index contributed by atoms with van der Waals surface area (Å²) in [5.41, 5.74) is 2.07. The number of aromatic nitrogens is 2. The molecule has 3 unspecified atom stereocenters. The zero-order chi connectivity index (χ0) is 12.9. The van der Waals surface area contributed by atoms with Gasteiger partial charge in [-0.2, -0.15) is 10.4 Å². The highest BCUT2D eigenvalue weighted by atomic mass is 79.9. The topological polar surface area (TPSA) is 41.6 Å². The lowest BCUT2D eigenvalue weighted by molar-refractivity contribution is 0.234. The van der Waals surface area contributed by atoms with E-state index in [9.17, 15) is 5.26 Å². The highest BCUT2D eigenvalue weighted by molar-refractivity contribution is 9.10. The van der Waals surface area contributed by atoms with E-state index >= 15 is 0 Å². The fourth-order valence-electron chi connectivity index (χ4n) is 4.01. The molecule has 0 radical (unpaired) electrons. The summed E-state index contributed by atoms with van der Waals surface area (Å²) in [4.78, 5) is 0. The molecule has 1 aromatic heterocycles. The molecular weight excluding hydrogens is 290 g/mol. The average molecular weight is 308 g/mol. The van der Waals surface area contributed by atoms with Crippen molar-refractivity contribution in [3.05, 3.63) is 15.9 Å². The zero-order valence-corrected chi connectivity index (χ0v) is 12.5. The Morgan fingerprint density at radius 3 is 2.78 bits per heavy atom. The molecule has 18 heavy (non-hydrogen) atoms. The van der Waals surface area contributed by atoms with E-state index in [-0.39, 0.29) is 5.41 Å². The highest BCUT2D eigenvalue weighted by Crippen LogP contribution is 2.57. The molecule has 2 bridgehead atoms. The molecule has 4 heteroatoms. The van der Waals surface area contributed by atoms with Crippen molar-refractivity contribution >= 4 is 15.9 Å². The van der Waals surface area contributed by atoms with Crippen LogP contribution in [0, 0.1) is 35.5 Å². The molecule has 0 amide bonds. The predicted octanol–water partition coefficient (Wildman–Crippen LogP) is 3.36. The largest absolute Gasteiger partial charge is 0.271 e. The molecule has 0 spiro atoms. The number of halogens is 1. The summed E-state index contributed by atoms with van der Waals surface area (Å²) in [6, 6.07) is 2.66. The molecule has 96 valence electrons. The van der Waals surface area contributed by atoms with Gasteiger partial charge in [0.2, 0.25) is 0 Å². The van der Waals surface area contributed by atoms with Crippen molar-refractivity contribution in [3.8, 4) is 6.07 Å². The maximum absolute atomic E-state index is 9.69. The molecule has 3 nitrogen and oxygen atoms in total. The molecule has 2 aliphatic rings. The first kappa shape index (κ1) is 12.2. The molecule has 0 saturated heterocycles. The molecular formula is C14H18BrN3. The first-order valence-corrected chi connectivity index (χ1v) is 7.44. The number of aryl methyl sites for hydroxylation is 2. The van der Waals surface area contributed by atoms with Gasteiger partial charge in [-0.3, -0.25) is 4.68 Å². The first-order valence-electron chi connectivity index (χ1n) is 6.65. The monoisotopic (exact) mass is 307 g/mol. The Bertz CT molecular complexity index is 528. The lowest BCUT2D eigenvalue weighted by Crippen LogP contribution is -2.29. The molecule has 0 aromatic carbocycles. The van der Waals surface area contributed by atoms with Gasteiger partial charge in [0.05, 0.1) is 27.3 Å². The van der Waals surface area contributed by atoms with Gasteiger partial charge >= 0.3 is 0 Å². The van der Waals surface area contributed by atoms with Crippen LogP contribution >= 0.6 is 15.9 Å². The molecule has 0 N–H and O–H groups in total. The van der Waals surface area contributed by atoms with E-state index in [1.165, 1.54) is 25.0 Å². The first-order chi connectivity index (χ1) is 8.55. The van der Waals surface area contributed by atoms with Gasteiger partial charge < -0.3 is 0 Å². The van der Waals surface area contributed by atoms with Gasteiger partial charge in [-0.05, 0) is 54.0 Å². The summed E-state index contributed by atoms with van der Waals surface area (Å²) in [7, 11) is 1.98. The second-order valence-electron chi connectivity index (χ2n) is 5.99. The minimum atomic E-state index is -0.133. The van der Waals surface area contributed by atoms with Crippen LogP contribution in [0.2, 0.25) is 0 Å². The molecule has 2 saturated carbocycles. The minimum Gasteiger partial charge on any atom is -0.271 e. The van der Waals surface area contributed by atoms with E-state index in [2.05, 4.69) is 27.1 Å². The highest BCUT2D eigenvalue weighted by Gasteiger charge is 2.51. The van der Waals surface area contributed by atoms with Crippen molar-refractivity contribution in [1.82, 2.24) is 9.78 Å². The molecule has 3 rings (SSSR count). The Morgan fingerprint density at radius 2 is 2.33 bits per heavy atom. The maximum atomic E-state index is 9.69. The fraction of sp³-hybridized carbons (Fsp3) is 0.714. The summed E-state index contributed by atoms with van der Waals surface area (Å²) < 4.78 is 3.02. The van der Waals surface area contributed by atoms with Gasteiger partial charge in [0, 0.05) is 13.5 Å². The lowest BCUT2D eigenvalue weighted by atomic mass is 9.71. The standard InChI is InChI=1S/C14H18BrN3/c1-9-13(15)12(18(2)17-9)7-14(8-16)6-10-3-4-11(14)5-10/h10-11H,3-7H2,1-2H3. The van der Waals surface area contributed by atoms with E-state index in [1.54, 1.807) is 0 Å². The Labute approximate surface area is 116 Å². The summed E-state index contributed by atoms with van der Waals surface area (Å²) in [6.07, 6.45) is 5.78. The summed E-state index contributed by atoms with van der Waals surface area (Å²) >= 11 is 3.62. The Balaban J connectivity index is 1.94. The second-order valence-corrected chi connectivity index (χ2v) is 6.79. The number of fused-ring (bicyclic) bond motifs is 2. The molecule has 1 heterocycles. The molecule has 3 atom stereocenters. The zero-order valence-electron chi connectivity index (χ0n) is 10.9. The third kappa shape index (κ3) is 1.64. The Morgan fingerprint density at radius 1 is 1.56 bits per heavy atom. The van der Waals surface area contributed by atoms with Crippen LogP contribution in [-0.4, -0.2) is 9.78 Å².